The smallest absolute Gasteiger partial charge is 0.224 e. The Morgan fingerprint density at radius 1 is 1.38 bits per heavy atom. The van der Waals surface area contributed by atoms with Crippen molar-refractivity contribution in [3.63, 3.8) is 0 Å². The minimum atomic E-state index is 0.0710. The van der Waals surface area contributed by atoms with E-state index in [1.165, 1.54) is 0 Å². The van der Waals surface area contributed by atoms with Crippen LogP contribution >= 0.6 is 0 Å². The van der Waals surface area contributed by atoms with E-state index < -0.39 is 0 Å². The zero-order valence-corrected chi connectivity index (χ0v) is 9.32. The molecular weight excluding hydrogens is 202 g/mol. The molecule has 0 spiro atoms. The Kier molecular flexibility index (Phi) is 3.94. The fourth-order valence-electron chi connectivity index (χ4n) is 1.91. The molecule has 16 heavy (non-hydrogen) atoms. The van der Waals surface area contributed by atoms with Gasteiger partial charge >= 0.3 is 0 Å². The van der Waals surface area contributed by atoms with Crippen LogP contribution in [0.3, 0.4) is 0 Å². The Morgan fingerprint density at radius 2 is 2.19 bits per heavy atom. The van der Waals surface area contributed by atoms with Crippen LogP contribution in [-0.2, 0) is 9.53 Å². The molecule has 1 aromatic carbocycles. The van der Waals surface area contributed by atoms with Crippen LogP contribution in [0.25, 0.3) is 0 Å². The highest BCUT2D eigenvalue weighted by Crippen LogP contribution is 2.17. The zero-order chi connectivity index (χ0) is 11.2. The molecule has 1 atom stereocenters. The van der Waals surface area contributed by atoms with Crippen LogP contribution in [0.5, 0.6) is 0 Å². The van der Waals surface area contributed by atoms with Gasteiger partial charge in [0.05, 0.1) is 6.10 Å². The molecule has 1 aromatic rings. The highest BCUT2D eigenvalue weighted by atomic mass is 16.5. The van der Waals surface area contributed by atoms with Gasteiger partial charge in [-0.05, 0) is 31.4 Å². The SMILES string of the molecule is O=C(CC[C@@H]1CCCO1)Nc1ccccc1. The van der Waals surface area contributed by atoms with Crippen molar-refractivity contribution in [1.82, 2.24) is 0 Å². The average Bonchev–Trinajstić information content (AvgIpc) is 2.81. The van der Waals surface area contributed by atoms with Crippen LogP contribution in [0, 0.1) is 0 Å². The van der Waals surface area contributed by atoms with Crippen molar-refractivity contribution in [3.05, 3.63) is 30.3 Å². The first kappa shape index (κ1) is 11.1. The number of para-hydroxylation sites is 1. The van der Waals surface area contributed by atoms with E-state index in [1.807, 2.05) is 30.3 Å². The Balaban J connectivity index is 1.72. The number of hydrogen-bond acceptors (Lipinski definition) is 2. The number of carbonyl (C=O) groups is 1. The van der Waals surface area contributed by atoms with E-state index in [1.54, 1.807) is 0 Å². The van der Waals surface area contributed by atoms with Gasteiger partial charge in [-0.2, -0.15) is 0 Å². The highest BCUT2D eigenvalue weighted by Gasteiger charge is 2.16. The fraction of sp³-hybridized carbons (Fsp3) is 0.462. The molecular formula is C13H17NO2. The van der Waals surface area contributed by atoms with Crippen LogP contribution in [0.1, 0.15) is 25.7 Å². The van der Waals surface area contributed by atoms with E-state index in [0.717, 1.165) is 31.6 Å². The maximum atomic E-state index is 11.6. The number of amides is 1. The van der Waals surface area contributed by atoms with Crippen LogP contribution in [0.4, 0.5) is 5.69 Å². The normalized spacial score (nSPS) is 19.6. The molecule has 3 nitrogen and oxygen atoms in total. The average molecular weight is 219 g/mol. The predicted octanol–water partition coefficient (Wildman–Crippen LogP) is 2.58. The summed E-state index contributed by atoms with van der Waals surface area (Å²) in [4.78, 5) is 11.6. The molecule has 2 rings (SSSR count). The molecule has 0 saturated carbocycles. The Morgan fingerprint density at radius 3 is 2.88 bits per heavy atom. The number of rotatable bonds is 4. The highest BCUT2D eigenvalue weighted by molar-refractivity contribution is 5.90. The molecule has 0 aromatic heterocycles. The number of ether oxygens (including phenoxy) is 1. The van der Waals surface area contributed by atoms with Gasteiger partial charge < -0.3 is 10.1 Å². The van der Waals surface area contributed by atoms with E-state index in [9.17, 15) is 4.79 Å². The molecule has 1 amide bonds. The third-order valence-corrected chi connectivity index (χ3v) is 2.77. The van der Waals surface area contributed by atoms with Crippen LogP contribution in [0.2, 0.25) is 0 Å². The molecule has 1 heterocycles. The lowest BCUT2D eigenvalue weighted by molar-refractivity contribution is -0.116. The summed E-state index contributed by atoms with van der Waals surface area (Å²) in [7, 11) is 0. The van der Waals surface area contributed by atoms with E-state index in [2.05, 4.69) is 5.32 Å². The Hall–Kier alpha value is -1.35. The van der Waals surface area contributed by atoms with Crippen molar-refractivity contribution in [2.24, 2.45) is 0 Å². The first-order valence-electron chi connectivity index (χ1n) is 5.81. The standard InChI is InChI=1S/C13H17NO2/c15-13(9-8-12-7-4-10-16-12)14-11-5-2-1-3-6-11/h1-3,5-6,12H,4,7-10H2,(H,14,15)/t12-/m0/s1. The predicted molar refractivity (Wildman–Crippen MR) is 63.3 cm³/mol. The topological polar surface area (TPSA) is 38.3 Å². The Labute approximate surface area is 95.8 Å². The molecule has 0 unspecified atom stereocenters. The van der Waals surface area contributed by atoms with Crippen molar-refractivity contribution in [2.75, 3.05) is 11.9 Å². The van der Waals surface area contributed by atoms with Gasteiger partial charge in [-0.25, -0.2) is 0 Å². The summed E-state index contributed by atoms with van der Waals surface area (Å²) in [5.41, 5.74) is 0.861. The van der Waals surface area contributed by atoms with E-state index in [0.29, 0.717) is 12.5 Å². The third-order valence-electron chi connectivity index (χ3n) is 2.77. The van der Waals surface area contributed by atoms with E-state index in [4.69, 9.17) is 4.74 Å². The number of hydrogen-bond donors (Lipinski definition) is 1. The second-order valence-corrected chi connectivity index (χ2v) is 4.09. The van der Waals surface area contributed by atoms with Gasteiger partial charge in [0.25, 0.3) is 0 Å². The first-order valence-corrected chi connectivity index (χ1v) is 5.81. The molecule has 0 bridgehead atoms. The summed E-state index contributed by atoms with van der Waals surface area (Å²) in [6.45, 7) is 0.852. The number of nitrogens with one attached hydrogen (secondary N) is 1. The van der Waals surface area contributed by atoms with Gasteiger partial charge in [0.1, 0.15) is 0 Å². The maximum absolute atomic E-state index is 11.6. The zero-order valence-electron chi connectivity index (χ0n) is 9.32. The van der Waals surface area contributed by atoms with Crippen LogP contribution in [-0.4, -0.2) is 18.6 Å². The lowest BCUT2D eigenvalue weighted by Crippen LogP contribution is -2.15. The molecule has 1 fully saturated rings. The second kappa shape index (κ2) is 5.66. The Bertz CT molecular complexity index is 331. The van der Waals surface area contributed by atoms with Gasteiger partial charge in [-0.15, -0.1) is 0 Å². The summed E-state index contributed by atoms with van der Waals surface area (Å²) in [5.74, 6) is 0.0710. The lowest BCUT2D eigenvalue weighted by Gasteiger charge is -2.09. The van der Waals surface area contributed by atoms with Gasteiger partial charge in [0, 0.05) is 18.7 Å². The molecule has 1 N–H and O–H groups in total. The number of anilines is 1. The minimum absolute atomic E-state index is 0.0710. The number of carbonyl (C=O) groups excluding carboxylic acids is 1. The van der Waals surface area contributed by atoms with E-state index >= 15 is 0 Å². The van der Waals surface area contributed by atoms with Crippen molar-refractivity contribution in [1.29, 1.82) is 0 Å². The summed E-state index contributed by atoms with van der Waals surface area (Å²) < 4.78 is 5.47. The summed E-state index contributed by atoms with van der Waals surface area (Å²) in [6, 6.07) is 9.54. The summed E-state index contributed by atoms with van der Waals surface area (Å²) >= 11 is 0. The monoisotopic (exact) mass is 219 g/mol. The largest absolute Gasteiger partial charge is 0.378 e. The molecule has 1 saturated heterocycles. The summed E-state index contributed by atoms with van der Waals surface area (Å²) in [5, 5.41) is 2.87. The van der Waals surface area contributed by atoms with Crippen molar-refractivity contribution in [3.8, 4) is 0 Å². The molecule has 1 aliphatic rings. The van der Waals surface area contributed by atoms with Gasteiger partial charge in [-0.1, -0.05) is 18.2 Å². The summed E-state index contributed by atoms with van der Waals surface area (Å²) in [6.07, 6.45) is 3.89. The van der Waals surface area contributed by atoms with Gasteiger partial charge in [0.15, 0.2) is 0 Å². The van der Waals surface area contributed by atoms with Gasteiger partial charge in [-0.3, -0.25) is 4.79 Å². The third kappa shape index (κ3) is 3.35. The maximum Gasteiger partial charge on any atom is 0.224 e. The van der Waals surface area contributed by atoms with Crippen molar-refractivity contribution >= 4 is 11.6 Å². The van der Waals surface area contributed by atoms with Crippen molar-refractivity contribution in [2.45, 2.75) is 31.8 Å². The van der Waals surface area contributed by atoms with Gasteiger partial charge in [0.2, 0.25) is 5.91 Å². The molecule has 0 aliphatic carbocycles. The molecule has 3 heteroatoms. The van der Waals surface area contributed by atoms with Crippen LogP contribution in [0.15, 0.2) is 30.3 Å². The molecule has 86 valence electrons. The van der Waals surface area contributed by atoms with Crippen molar-refractivity contribution < 1.29 is 9.53 Å². The quantitative estimate of drug-likeness (QED) is 0.845. The second-order valence-electron chi connectivity index (χ2n) is 4.09. The first-order chi connectivity index (χ1) is 7.84. The lowest BCUT2D eigenvalue weighted by atomic mass is 10.1. The molecule has 1 aliphatic heterocycles. The van der Waals surface area contributed by atoms with Crippen LogP contribution < -0.4 is 5.32 Å². The fourth-order valence-corrected chi connectivity index (χ4v) is 1.91. The molecule has 0 radical (unpaired) electrons. The number of benzene rings is 1. The van der Waals surface area contributed by atoms with E-state index in [-0.39, 0.29) is 5.91 Å². The minimum Gasteiger partial charge on any atom is -0.378 e.